The minimum absolute atomic E-state index is 0.0411. The number of aryl methyl sites for hydroxylation is 2. The van der Waals surface area contributed by atoms with E-state index in [0.717, 1.165) is 29.7 Å². The molecule has 4 heterocycles. The fraction of sp³-hybridized carbons (Fsp3) is 0.391. The molecule has 7 heteroatoms. The van der Waals surface area contributed by atoms with E-state index in [2.05, 4.69) is 36.0 Å². The first-order valence-electron chi connectivity index (χ1n) is 10.4. The minimum Gasteiger partial charge on any atom is -0.340 e. The number of rotatable bonds is 3. The van der Waals surface area contributed by atoms with Crippen molar-refractivity contribution < 1.29 is 9.59 Å². The predicted octanol–water partition coefficient (Wildman–Crippen LogP) is 3.32. The third-order valence-corrected chi connectivity index (χ3v) is 6.55. The van der Waals surface area contributed by atoms with Crippen molar-refractivity contribution in [3.8, 4) is 0 Å². The maximum atomic E-state index is 13.3. The number of nitrogens with zero attached hydrogens (tertiary/aromatic N) is 4. The van der Waals surface area contributed by atoms with E-state index in [4.69, 9.17) is 4.98 Å². The third kappa shape index (κ3) is 2.80. The number of allylic oxidation sites excluding steroid dienone is 2. The Kier molecular flexibility index (Phi) is 4.17. The quantitative estimate of drug-likeness (QED) is 0.852. The number of amides is 2. The average Bonchev–Trinajstić information content (AvgIpc) is 3.40. The molecule has 154 valence electrons. The van der Waals surface area contributed by atoms with Gasteiger partial charge in [0.05, 0.1) is 23.5 Å². The lowest BCUT2D eigenvalue weighted by Crippen LogP contribution is -2.50. The van der Waals surface area contributed by atoms with Crippen LogP contribution in [0.2, 0.25) is 0 Å². The summed E-state index contributed by atoms with van der Waals surface area (Å²) in [6.45, 7) is 6.63. The van der Waals surface area contributed by atoms with Gasteiger partial charge in [0.1, 0.15) is 17.2 Å². The van der Waals surface area contributed by atoms with Crippen molar-refractivity contribution in [3.63, 3.8) is 0 Å². The smallest absolute Gasteiger partial charge is 0.274 e. The molecule has 0 bridgehead atoms. The first-order valence-corrected chi connectivity index (χ1v) is 10.4. The molecule has 1 aromatic carbocycles. The SMILES string of the molecule is Cc1cc2nc([C@H]3CCCN3C(=O)C[C@@]3(C)C(=O)N=C4C=CC=CN43)[nH]c2cc1C. The highest BCUT2D eigenvalue weighted by molar-refractivity contribution is 6.13. The summed E-state index contributed by atoms with van der Waals surface area (Å²) in [5.41, 5.74) is 3.35. The van der Waals surface area contributed by atoms with E-state index < -0.39 is 5.54 Å². The first-order chi connectivity index (χ1) is 14.4. The Hall–Kier alpha value is -3.22. The van der Waals surface area contributed by atoms with Gasteiger partial charge in [-0.25, -0.2) is 4.98 Å². The Morgan fingerprint density at radius 2 is 2.07 bits per heavy atom. The summed E-state index contributed by atoms with van der Waals surface area (Å²) in [5.74, 6) is 1.10. The lowest BCUT2D eigenvalue weighted by Gasteiger charge is -2.34. The summed E-state index contributed by atoms with van der Waals surface area (Å²) < 4.78 is 0. The van der Waals surface area contributed by atoms with Gasteiger partial charge in [0.2, 0.25) is 5.91 Å². The Bertz CT molecular complexity index is 1120. The predicted molar refractivity (Wildman–Crippen MR) is 115 cm³/mol. The normalized spacial score (nSPS) is 25.4. The zero-order valence-electron chi connectivity index (χ0n) is 17.5. The number of imidazole rings is 1. The summed E-state index contributed by atoms with van der Waals surface area (Å²) in [6.07, 6.45) is 9.20. The number of fused-ring (bicyclic) bond motifs is 2. The molecule has 1 saturated heterocycles. The number of likely N-dealkylation sites (tertiary alicyclic amines) is 1. The molecule has 0 radical (unpaired) electrons. The molecule has 30 heavy (non-hydrogen) atoms. The Morgan fingerprint density at radius 1 is 1.27 bits per heavy atom. The molecule has 3 aliphatic rings. The molecular weight excluding hydrogens is 378 g/mol. The largest absolute Gasteiger partial charge is 0.340 e. The van der Waals surface area contributed by atoms with Crippen molar-refractivity contribution in [2.24, 2.45) is 4.99 Å². The monoisotopic (exact) mass is 403 g/mol. The van der Waals surface area contributed by atoms with Crippen LogP contribution in [0.1, 0.15) is 49.2 Å². The Labute approximate surface area is 175 Å². The van der Waals surface area contributed by atoms with Gasteiger partial charge in [-0.3, -0.25) is 9.59 Å². The molecular formula is C23H25N5O2. The van der Waals surface area contributed by atoms with Gasteiger partial charge in [0, 0.05) is 12.7 Å². The molecule has 1 fully saturated rings. The van der Waals surface area contributed by atoms with Crippen LogP contribution < -0.4 is 0 Å². The molecule has 0 saturated carbocycles. The molecule has 0 aliphatic carbocycles. The van der Waals surface area contributed by atoms with Crippen LogP contribution in [0.4, 0.5) is 0 Å². The average molecular weight is 403 g/mol. The van der Waals surface area contributed by atoms with E-state index in [0.29, 0.717) is 12.4 Å². The first kappa shape index (κ1) is 18.8. The number of nitrogens with one attached hydrogen (secondary N) is 1. The van der Waals surface area contributed by atoms with Crippen molar-refractivity contribution in [1.29, 1.82) is 0 Å². The molecule has 0 spiro atoms. The molecule has 7 nitrogen and oxygen atoms in total. The highest BCUT2D eigenvalue weighted by atomic mass is 16.2. The molecule has 3 aliphatic heterocycles. The second-order valence-corrected chi connectivity index (χ2v) is 8.62. The van der Waals surface area contributed by atoms with Gasteiger partial charge >= 0.3 is 0 Å². The van der Waals surface area contributed by atoms with Crippen molar-refractivity contribution in [2.45, 2.75) is 51.6 Å². The van der Waals surface area contributed by atoms with Crippen LogP contribution in [-0.2, 0) is 9.59 Å². The van der Waals surface area contributed by atoms with Gasteiger partial charge in [-0.2, -0.15) is 4.99 Å². The molecule has 1 aromatic heterocycles. The minimum atomic E-state index is -0.983. The van der Waals surface area contributed by atoms with Crippen LogP contribution in [0.3, 0.4) is 0 Å². The highest BCUT2D eigenvalue weighted by Gasteiger charge is 2.48. The number of hydrogen-bond donors (Lipinski definition) is 1. The molecule has 1 N–H and O–H groups in total. The van der Waals surface area contributed by atoms with Gasteiger partial charge in [-0.1, -0.05) is 6.08 Å². The standard InChI is InChI=1S/C23H25N5O2/c1-14-11-16-17(12-15(14)2)25-21(24-16)18-7-6-9-27(18)20(29)13-23(3)22(30)26-19-8-4-5-10-28(19)23/h4-5,8,10-12,18H,6-7,9,13H2,1-3H3,(H,24,25)/t18-,23+/m1/s1. The molecule has 2 aromatic rings. The number of hydrogen-bond acceptors (Lipinski definition) is 4. The topological polar surface area (TPSA) is 81.7 Å². The van der Waals surface area contributed by atoms with Gasteiger partial charge in [0.25, 0.3) is 5.91 Å². The molecule has 0 unspecified atom stereocenters. The molecule has 5 rings (SSSR count). The lowest BCUT2D eigenvalue weighted by atomic mass is 9.94. The Balaban J connectivity index is 1.40. The number of aromatic amines is 1. The van der Waals surface area contributed by atoms with Crippen molar-refractivity contribution in [2.75, 3.05) is 6.54 Å². The summed E-state index contributed by atoms with van der Waals surface area (Å²) in [6, 6.07) is 4.09. The van der Waals surface area contributed by atoms with Crippen LogP contribution in [0.5, 0.6) is 0 Å². The van der Waals surface area contributed by atoms with E-state index in [1.807, 2.05) is 28.2 Å². The number of carbonyl (C=O) groups excluding carboxylic acids is 2. The second-order valence-electron chi connectivity index (χ2n) is 8.62. The van der Waals surface area contributed by atoms with Gasteiger partial charge < -0.3 is 14.8 Å². The third-order valence-electron chi connectivity index (χ3n) is 6.55. The van der Waals surface area contributed by atoms with E-state index >= 15 is 0 Å². The highest BCUT2D eigenvalue weighted by Crippen LogP contribution is 2.36. The molecule has 2 amide bonds. The number of benzene rings is 1. The van der Waals surface area contributed by atoms with E-state index in [-0.39, 0.29) is 24.3 Å². The fourth-order valence-corrected chi connectivity index (χ4v) is 4.62. The van der Waals surface area contributed by atoms with Crippen molar-refractivity contribution >= 4 is 28.7 Å². The number of amidine groups is 1. The Morgan fingerprint density at radius 3 is 2.90 bits per heavy atom. The van der Waals surface area contributed by atoms with E-state index in [9.17, 15) is 9.59 Å². The zero-order valence-corrected chi connectivity index (χ0v) is 17.5. The number of carbonyl (C=O) groups is 2. The molecule has 2 atom stereocenters. The lowest BCUT2D eigenvalue weighted by molar-refractivity contribution is -0.138. The van der Waals surface area contributed by atoms with Gasteiger partial charge in [-0.05, 0) is 69.0 Å². The van der Waals surface area contributed by atoms with Crippen LogP contribution in [0, 0.1) is 13.8 Å². The number of aromatic nitrogens is 2. The van der Waals surface area contributed by atoms with Gasteiger partial charge in [0.15, 0.2) is 0 Å². The van der Waals surface area contributed by atoms with Crippen LogP contribution >= 0.6 is 0 Å². The van der Waals surface area contributed by atoms with Gasteiger partial charge in [-0.15, -0.1) is 0 Å². The maximum absolute atomic E-state index is 13.3. The number of aliphatic imine (C=N–C) groups is 1. The summed E-state index contributed by atoms with van der Waals surface area (Å²) in [5, 5.41) is 0. The second kappa shape index (κ2) is 6.65. The maximum Gasteiger partial charge on any atom is 0.274 e. The zero-order chi connectivity index (χ0) is 21.0. The van der Waals surface area contributed by atoms with E-state index in [1.165, 1.54) is 11.1 Å². The van der Waals surface area contributed by atoms with Crippen molar-refractivity contribution in [3.05, 3.63) is 53.5 Å². The van der Waals surface area contributed by atoms with Crippen LogP contribution in [0.15, 0.2) is 41.6 Å². The summed E-state index contributed by atoms with van der Waals surface area (Å²) >= 11 is 0. The van der Waals surface area contributed by atoms with E-state index in [1.54, 1.807) is 13.0 Å². The van der Waals surface area contributed by atoms with Crippen molar-refractivity contribution in [1.82, 2.24) is 19.8 Å². The van der Waals surface area contributed by atoms with Crippen LogP contribution in [0.25, 0.3) is 11.0 Å². The summed E-state index contributed by atoms with van der Waals surface area (Å²) in [7, 11) is 0. The fourth-order valence-electron chi connectivity index (χ4n) is 4.62. The summed E-state index contributed by atoms with van der Waals surface area (Å²) in [4.78, 5) is 42.0. The van der Waals surface area contributed by atoms with Crippen LogP contribution in [-0.4, -0.2) is 49.5 Å². The number of H-pyrrole nitrogens is 1.